The lowest BCUT2D eigenvalue weighted by Crippen LogP contribution is -2.53. The number of benzene rings is 3. The smallest absolute Gasteiger partial charge is 0.244 e. The second kappa shape index (κ2) is 13.6. The molecule has 3 aromatic carbocycles. The lowest BCUT2D eigenvalue weighted by atomic mass is 10.0. The molecule has 0 spiro atoms. The van der Waals surface area contributed by atoms with Gasteiger partial charge in [-0.25, -0.2) is 8.42 Å². The minimum Gasteiger partial charge on any atom is -0.354 e. The van der Waals surface area contributed by atoms with Crippen LogP contribution in [-0.4, -0.2) is 50.5 Å². The van der Waals surface area contributed by atoms with Gasteiger partial charge in [-0.05, 0) is 35.7 Å². The monoisotopic (exact) mass is 575 g/mol. The van der Waals surface area contributed by atoms with Gasteiger partial charge < -0.3 is 10.2 Å². The summed E-state index contributed by atoms with van der Waals surface area (Å²) in [6.45, 7) is 2.00. The van der Waals surface area contributed by atoms with Gasteiger partial charge in [0.1, 0.15) is 12.6 Å². The standard InChI is InChI=1S/C28H31Cl2N3O4S/c1-3-16-31-28(35)26(17-21-10-6-4-7-11-21)32(19-22-12-8-5-9-13-22)27(34)20-33(38(2,36)37)23-14-15-24(29)25(30)18-23/h4-15,18,26H,3,16-17,19-20H2,1-2H3,(H,31,35)/t26-/m0/s1. The summed E-state index contributed by atoms with van der Waals surface area (Å²) in [5.74, 6) is -0.835. The minimum absolute atomic E-state index is 0.121. The summed E-state index contributed by atoms with van der Waals surface area (Å²) in [7, 11) is -3.88. The van der Waals surface area contributed by atoms with E-state index in [2.05, 4.69) is 5.32 Å². The van der Waals surface area contributed by atoms with Gasteiger partial charge in [0.2, 0.25) is 21.8 Å². The van der Waals surface area contributed by atoms with E-state index in [1.807, 2.05) is 67.6 Å². The van der Waals surface area contributed by atoms with Gasteiger partial charge in [-0.3, -0.25) is 13.9 Å². The molecule has 2 amide bonds. The van der Waals surface area contributed by atoms with Crippen LogP contribution in [0.25, 0.3) is 0 Å². The van der Waals surface area contributed by atoms with Gasteiger partial charge >= 0.3 is 0 Å². The molecule has 10 heteroatoms. The predicted molar refractivity (Wildman–Crippen MR) is 153 cm³/mol. The topological polar surface area (TPSA) is 86.8 Å². The van der Waals surface area contributed by atoms with Crippen LogP contribution in [0.3, 0.4) is 0 Å². The number of nitrogens with one attached hydrogen (secondary N) is 1. The molecule has 0 aliphatic rings. The molecule has 38 heavy (non-hydrogen) atoms. The molecule has 0 heterocycles. The zero-order valence-corrected chi connectivity index (χ0v) is 23.6. The van der Waals surface area contributed by atoms with E-state index in [1.165, 1.54) is 23.1 Å². The van der Waals surface area contributed by atoms with Crippen LogP contribution in [0.1, 0.15) is 24.5 Å². The van der Waals surface area contributed by atoms with Crippen LogP contribution in [-0.2, 0) is 32.6 Å². The van der Waals surface area contributed by atoms with E-state index in [0.29, 0.717) is 6.54 Å². The molecule has 3 rings (SSSR count). The molecule has 0 saturated heterocycles. The number of carbonyl (C=O) groups is 2. The molecule has 7 nitrogen and oxygen atoms in total. The van der Waals surface area contributed by atoms with Crippen molar-refractivity contribution in [1.82, 2.24) is 10.2 Å². The quantitative estimate of drug-likeness (QED) is 0.332. The van der Waals surface area contributed by atoms with Gasteiger partial charge in [-0.15, -0.1) is 0 Å². The Hall–Kier alpha value is -3.07. The van der Waals surface area contributed by atoms with E-state index in [0.717, 1.165) is 28.1 Å². The number of anilines is 1. The van der Waals surface area contributed by atoms with E-state index in [-0.39, 0.29) is 34.6 Å². The summed E-state index contributed by atoms with van der Waals surface area (Å²) in [6.07, 6.45) is 2.01. The number of sulfonamides is 1. The molecule has 0 aromatic heterocycles. The van der Waals surface area contributed by atoms with Crippen LogP contribution < -0.4 is 9.62 Å². The average Bonchev–Trinajstić information content (AvgIpc) is 2.90. The van der Waals surface area contributed by atoms with Crippen molar-refractivity contribution in [2.75, 3.05) is 23.7 Å². The normalized spacial score (nSPS) is 12.0. The van der Waals surface area contributed by atoms with Gasteiger partial charge in [-0.1, -0.05) is 90.8 Å². The van der Waals surface area contributed by atoms with Crippen LogP contribution in [0.2, 0.25) is 10.0 Å². The second-order valence-corrected chi connectivity index (χ2v) is 11.6. The first-order valence-corrected chi connectivity index (χ1v) is 14.8. The fourth-order valence-electron chi connectivity index (χ4n) is 3.95. The fourth-order valence-corrected chi connectivity index (χ4v) is 5.09. The maximum atomic E-state index is 13.9. The molecule has 3 aromatic rings. The fraction of sp³-hybridized carbons (Fsp3) is 0.286. The summed E-state index contributed by atoms with van der Waals surface area (Å²) >= 11 is 12.2. The first-order valence-electron chi connectivity index (χ1n) is 12.2. The molecule has 0 saturated carbocycles. The number of amides is 2. The maximum Gasteiger partial charge on any atom is 0.244 e. The number of hydrogen-bond acceptors (Lipinski definition) is 4. The Morgan fingerprint density at radius 2 is 1.50 bits per heavy atom. The van der Waals surface area contributed by atoms with Gasteiger partial charge in [0, 0.05) is 19.5 Å². The average molecular weight is 577 g/mol. The molecule has 1 N–H and O–H groups in total. The summed E-state index contributed by atoms with van der Waals surface area (Å²) in [5.41, 5.74) is 1.88. The molecule has 0 unspecified atom stereocenters. The van der Waals surface area contributed by atoms with E-state index >= 15 is 0 Å². The lowest BCUT2D eigenvalue weighted by Gasteiger charge is -2.33. The third-order valence-electron chi connectivity index (χ3n) is 5.89. The zero-order chi connectivity index (χ0) is 27.7. The molecule has 0 bridgehead atoms. The van der Waals surface area contributed by atoms with Crippen molar-refractivity contribution in [3.63, 3.8) is 0 Å². The van der Waals surface area contributed by atoms with E-state index in [4.69, 9.17) is 23.2 Å². The number of nitrogens with zero attached hydrogens (tertiary/aromatic N) is 2. The van der Waals surface area contributed by atoms with Crippen molar-refractivity contribution >= 4 is 50.7 Å². The van der Waals surface area contributed by atoms with Crippen LogP contribution >= 0.6 is 23.2 Å². The number of carbonyl (C=O) groups excluding carboxylic acids is 2. The first kappa shape index (κ1) is 29.5. The Balaban J connectivity index is 2.03. The molecular weight excluding hydrogens is 545 g/mol. The highest BCUT2D eigenvalue weighted by Gasteiger charge is 2.33. The molecule has 0 aliphatic carbocycles. The van der Waals surface area contributed by atoms with Crippen molar-refractivity contribution < 1.29 is 18.0 Å². The Bertz CT molecular complexity index is 1340. The molecule has 0 aliphatic heterocycles. The highest BCUT2D eigenvalue weighted by Crippen LogP contribution is 2.28. The van der Waals surface area contributed by atoms with Crippen LogP contribution in [0.4, 0.5) is 5.69 Å². The Morgan fingerprint density at radius 3 is 2.05 bits per heavy atom. The highest BCUT2D eigenvalue weighted by atomic mass is 35.5. The summed E-state index contributed by atoms with van der Waals surface area (Å²) < 4.78 is 26.5. The third kappa shape index (κ3) is 8.21. The minimum atomic E-state index is -3.88. The Kier molecular flexibility index (Phi) is 10.6. The van der Waals surface area contributed by atoms with Gasteiger partial charge in [0.25, 0.3) is 0 Å². The van der Waals surface area contributed by atoms with Gasteiger partial charge in [-0.2, -0.15) is 0 Å². The summed E-state index contributed by atoms with van der Waals surface area (Å²) in [4.78, 5) is 28.8. The van der Waals surface area contributed by atoms with Crippen LogP contribution in [0.5, 0.6) is 0 Å². The summed E-state index contributed by atoms with van der Waals surface area (Å²) in [5, 5.41) is 3.33. The summed E-state index contributed by atoms with van der Waals surface area (Å²) in [6, 6.07) is 22.2. The number of hydrogen-bond donors (Lipinski definition) is 1. The van der Waals surface area contributed by atoms with Crippen molar-refractivity contribution in [2.24, 2.45) is 0 Å². The third-order valence-corrected chi connectivity index (χ3v) is 7.77. The van der Waals surface area contributed by atoms with Gasteiger partial charge in [0.15, 0.2) is 0 Å². The lowest BCUT2D eigenvalue weighted by molar-refractivity contribution is -0.140. The SMILES string of the molecule is CCCNC(=O)[C@H](Cc1ccccc1)N(Cc1ccccc1)C(=O)CN(c1ccc(Cl)c(Cl)c1)S(C)(=O)=O. The molecule has 1 atom stereocenters. The van der Waals surface area contributed by atoms with Crippen molar-refractivity contribution in [3.05, 3.63) is 100 Å². The largest absolute Gasteiger partial charge is 0.354 e. The van der Waals surface area contributed by atoms with E-state index < -0.39 is 28.5 Å². The number of halogens is 2. The van der Waals surface area contributed by atoms with Crippen molar-refractivity contribution in [3.8, 4) is 0 Å². The molecular formula is C28H31Cl2N3O4S. The Morgan fingerprint density at radius 1 is 0.895 bits per heavy atom. The van der Waals surface area contributed by atoms with Crippen molar-refractivity contribution in [1.29, 1.82) is 0 Å². The number of rotatable bonds is 12. The van der Waals surface area contributed by atoms with Crippen LogP contribution in [0.15, 0.2) is 78.9 Å². The van der Waals surface area contributed by atoms with Crippen molar-refractivity contribution in [2.45, 2.75) is 32.4 Å². The van der Waals surface area contributed by atoms with E-state index in [9.17, 15) is 18.0 Å². The van der Waals surface area contributed by atoms with E-state index in [1.54, 1.807) is 0 Å². The maximum absolute atomic E-state index is 13.9. The van der Waals surface area contributed by atoms with Crippen LogP contribution in [0, 0.1) is 0 Å². The molecule has 0 fully saturated rings. The molecule has 202 valence electrons. The predicted octanol–water partition coefficient (Wildman–Crippen LogP) is 4.93. The van der Waals surface area contributed by atoms with Gasteiger partial charge in [0.05, 0.1) is 22.0 Å². The highest BCUT2D eigenvalue weighted by molar-refractivity contribution is 7.92. The second-order valence-electron chi connectivity index (χ2n) is 8.87. The first-order chi connectivity index (χ1) is 18.1. The molecule has 0 radical (unpaired) electrons. The Labute approximate surface area is 234 Å². The zero-order valence-electron chi connectivity index (χ0n) is 21.3.